The molecule has 0 saturated heterocycles. The van der Waals surface area contributed by atoms with E-state index in [4.69, 9.17) is 21.0 Å². The molecule has 0 heterocycles. The average molecular weight is 373 g/mol. The Bertz CT molecular complexity index is 888. The number of carboxylic acids is 1. The van der Waals surface area contributed by atoms with Crippen molar-refractivity contribution < 1.29 is 28.2 Å². The number of anilines is 1. The fraction of sp³-hybridized carbons (Fsp3) is 0.150. The van der Waals surface area contributed by atoms with Gasteiger partial charge in [-0.15, -0.1) is 6.42 Å². The molecule has 0 bridgehead atoms. The number of hydrogen-bond donors (Lipinski definition) is 2. The molecule has 2 rings (SSSR count). The lowest BCUT2D eigenvalue weighted by molar-refractivity contribution is 0.0695. The molecule has 0 aliphatic heterocycles. The number of benzene rings is 2. The Hall–Kier alpha value is -3.53. The highest BCUT2D eigenvalue weighted by Crippen LogP contribution is 2.29. The van der Waals surface area contributed by atoms with Crippen LogP contribution in [0.15, 0.2) is 48.5 Å². The Kier molecular flexibility index (Phi) is 6.39. The lowest BCUT2D eigenvalue weighted by Crippen LogP contribution is -2.25. The van der Waals surface area contributed by atoms with Crippen LogP contribution in [0, 0.1) is 12.3 Å². The lowest BCUT2D eigenvalue weighted by atomic mass is 10.1. The van der Waals surface area contributed by atoms with Crippen LogP contribution in [-0.2, 0) is 0 Å². The number of carboxylic acid groups (broad SMARTS) is 1. The summed E-state index contributed by atoms with van der Waals surface area (Å²) >= 11 is 0. The van der Waals surface area contributed by atoms with E-state index in [2.05, 4.69) is 5.92 Å². The minimum atomic E-state index is -3.48. The summed E-state index contributed by atoms with van der Waals surface area (Å²) in [6.07, 6.45) is 6.95. The third-order valence-corrected chi connectivity index (χ3v) is 3.44. The van der Waals surface area contributed by atoms with Crippen LogP contribution in [-0.4, -0.2) is 30.8 Å². The minimum absolute atomic E-state index is 0.00716. The molecule has 0 radical (unpaired) electrons. The Morgan fingerprint density at radius 3 is 2.70 bits per heavy atom. The second-order valence-electron chi connectivity index (χ2n) is 5.34. The van der Waals surface area contributed by atoms with Crippen molar-refractivity contribution in [3.63, 3.8) is 0 Å². The van der Waals surface area contributed by atoms with Gasteiger partial charge in [0.1, 0.15) is 6.61 Å². The third-order valence-electron chi connectivity index (χ3n) is 3.44. The number of ether oxygens (including phenoxy) is 2. The molecule has 27 heavy (non-hydrogen) atoms. The molecule has 0 unspecified atom stereocenters. The average Bonchev–Trinajstić information content (AvgIpc) is 2.64. The topological polar surface area (TPSA) is 67.8 Å². The second kappa shape index (κ2) is 8.72. The van der Waals surface area contributed by atoms with Gasteiger partial charge in [-0.3, -0.25) is 0 Å². The van der Waals surface area contributed by atoms with Gasteiger partial charge < -0.3 is 19.9 Å². The van der Waals surface area contributed by atoms with Crippen LogP contribution in [0.5, 0.6) is 11.5 Å². The van der Waals surface area contributed by atoms with Crippen LogP contribution in [0.2, 0.25) is 0 Å². The number of para-hydroxylation sites is 1. The number of alkyl halides is 2. The Morgan fingerprint density at radius 2 is 2.04 bits per heavy atom. The molecule has 7 heteroatoms. The van der Waals surface area contributed by atoms with Gasteiger partial charge in [0.25, 0.3) is 0 Å². The highest BCUT2D eigenvalue weighted by molar-refractivity contribution is 5.94. The van der Waals surface area contributed by atoms with Gasteiger partial charge in [0.2, 0.25) is 0 Å². The predicted octanol–water partition coefficient (Wildman–Crippen LogP) is 4.12. The normalized spacial score (nSPS) is 11.0. The van der Waals surface area contributed by atoms with Gasteiger partial charge in [-0.1, -0.05) is 30.2 Å². The maximum Gasteiger partial charge on any atom is 0.343 e. The largest absolute Gasteiger partial charge is 0.493 e. The zero-order valence-corrected chi connectivity index (χ0v) is 14.4. The zero-order chi connectivity index (χ0) is 19.9. The van der Waals surface area contributed by atoms with E-state index in [0.29, 0.717) is 23.1 Å². The summed E-state index contributed by atoms with van der Waals surface area (Å²) in [5.74, 6) is 1.75. The number of terminal acetylenes is 1. The van der Waals surface area contributed by atoms with Crippen molar-refractivity contribution >= 4 is 17.7 Å². The van der Waals surface area contributed by atoms with Gasteiger partial charge in [-0.25, -0.2) is 4.79 Å². The number of rotatable bonds is 8. The molecule has 0 aliphatic carbocycles. The maximum absolute atomic E-state index is 14.2. The van der Waals surface area contributed by atoms with Gasteiger partial charge in [0.05, 0.1) is 18.4 Å². The summed E-state index contributed by atoms with van der Waals surface area (Å²) in [4.78, 5) is 11.1. The molecule has 0 fully saturated rings. The van der Waals surface area contributed by atoms with Crippen LogP contribution < -0.4 is 14.8 Å². The summed E-state index contributed by atoms with van der Waals surface area (Å²) in [7, 11) is 1.45. The molecule has 5 nitrogen and oxygen atoms in total. The monoisotopic (exact) mass is 373 g/mol. The number of methoxy groups -OCH3 is 1. The van der Waals surface area contributed by atoms with Gasteiger partial charge in [-0.05, 0) is 29.8 Å². The quantitative estimate of drug-likeness (QED) is 0.538. The van der Waals surface area contributed by atoms with Crippen LogP contribution >= 0.6 is 0 Å². The smallest absolute Gasteiger partial charge is 0.343 e. The minimum Gasteiger partial charge on any atom is -0.493 e. The van der Waals surface area contributed by atoms with Crippen LogP contribution in [0.1, 0.15) is 15.9 Å². The summed E-state index contributed by atoms with van der Waals surface area (Å²) in [6.45, 7) is 0.00716. The molecular weight excluding hydrogens is 356 g/mol. The first-order valence-electron chi connectivity index (χ1n) is 7.78. The molecule has 0 aliphatic rings. The predicted molar refractivity (Wildman–Crippen MR) is 98.3 cm³/mol. The first-order chi connectivity index (χ1) is 12.9. The van der Waals surface area contributed by atoms with Crippen LogP contribution in [0.3, 0.4) is 0 Å². The molecule has 0 saturated carbocycles. The molecular formula is C20H17F2NO4. The third kappa shape index (κ3) is 5.47. The van der Waals surface area contributed by atoms with Gasteiger partial charge in [0.15, 0.2) is 11.5 Å². The highest BCUT2D eigenvalue weighted by atomic mass is 19.3. The number of aromatic carboxylic acids is 1. The van der Waals surface area contributed by atoms with Crippen LogP contribution in [0.4, 0.5) is 14.5 Å². The highest BCUT2D eigenvalue weighted by Gasteiger charge is 2.26. The zero-order valence-electron chi connectivity index (χ0n) is 14.4. The van der Waals surface area contributed by atoms with E-state index in [-0.39, 0.29) is 17.9 Å². The van der Waals surface area contributed by atoms with Crippen molar-refractivity contribution in [3.8, 4) is 23.8 Å². The Morgan fingerprint density at radius 1 is 1.30 bits per heavy atom. The van der Waals surface area contributed by atoms with E-state index >= 15 is 0 Å². The summed E-state index contributed by atoms with van der Waals surface area (Å²) < 4.78 is 38.9. The van der Waals surface area contributed by atoms with Gasteiger partial charge >= 0.3 is 12.0 Å². The second-order valence-corrected chi connectivity index (χ2v) is 5.34. The number of carbonyl (C=O) groups is 1. The molecule has 0 atom stereocenters. The number of halogens is 2. The summed E-state index contributed by atoms with van der Waals surface area (Å²) in [5.41, 5.74) is -0.0109. The summed E-state index contributed by atoms with van der Waals surface area (Å²) in [6, 6.07) is 6.59. The Balaban J connectivity index is 2.21. The van der Waals surface area contributed by atoms with E-state index in [9.17, 15) is 13.6 Å². The van der Waals surface area contributed by atoms with Crippen molar-refractivity contribution in [1.82, 2.24) is 0 Å². The van der Waals surface area contributed by atoms with E-state index in [1.807, 2.05) is 5.32 Å². The van der Waals surface area contributed by atoms with Crippen molar-refractivity contribution in [3.05, 3.63) is 59.7 Å². The van der Waals surface area contributed by atoms with E-state index in [0.717, 1.165) is 0 Å². The standard InChI is InChI=1S/C20H17F2NO4/c1-3-12-27-18-13-14(8-9-17(18)26-2)10-11-20(21,22)23-16-7-5-4-6-15(16)19(24)25/h1,4-11,13,23H,12H2,2H3,(H,24,25). The Labute approximate surface area is 155 Å². The first kappa shape index (κ1) is 19.8. The van der Waals surface area contributed by atoms with E-state index in [1.165, 1.54) is 43.5 Å². The van der Waals surface area contributed by atoms with Crippen molar-refractivity contribution in [1.29, 1.82) is 0 Å². The molecule has 0 spiro atoms. The van der Waals surface area contributed by atoms with Gasteiger partial charge in [0, 0.05) is 6.08 Å². The summed E-state index contributed by atoms with van der Waals surface area (Å²) in [5, 5.41) is 11.0. The molecule has 2 aromatic rings. The molecule has 0 amide bonds. The fourth-order valence-corrected chi connectivity index (χ4v) is 2.23. The number of hydrogen-bond acceptors (Lipinski definition) is 4. The SMILES string of the molecule is C#CCOc1cc(C=CC(F)(F)Nc2ccccc2C(=O)O)ccc1OC. The lowest BCUT2D eigenvalue weighted by Gasteiger charge is -2.17. The van der Waals surface area contributed by atoms with Crippen molar-refractivity contribution in [2.45, 2.75) is 6.05 Å². The molecule has 0 aromatic heterocycles. The van der Waals surface area contributed by atoms with Crippen molar-refractivity contribution in [2.75, 3.05) is 19.0 Å². The van der Waals surface area contributed by atoms with Crippen LogP contribution in [0.25, 0.3) is 6.08 Å². The maximum atomic E-state index is 14.2. The van der Waals surface area contributed by atoms with Gasteiger partial charge in [-0.2, -0.15) is 8.78 Å². The van der Waals surface area contributed by atoms with Crippen molar-refractivity contribution in [2.24, 2.45) is 0 Å². The van der Waals surface area contributed by atoms with E-state index < -0.39 is 12.0 Å². The first-order valence-corrected chi connectivity index (χ1v) is 7.78. The molecule has 2 aromatic carbocycles. The van der Waals surface area contributed by atoms with E-state index in [1.54, 1.807) is 12.1 Å². The molecule has 2 N–H and O–H groups in total. The number of nitrogens with one attached hydrogen (secondary N) is 1. The fourth-order valence-electron chi connectivity index (χ4n) is 2.23. The molecule has 140 valence electrons.